The Bertz CT molecular complexity index is 405. The minimum Gasteiger partial charge on any atom is -0.388 e. The Kier molecular flexibility index (Phi) is 3.54. The second-order valence-electron chi connectivity index (χ2n) is 4.43. The highest BCUT2D eigenvalue weighted by Crippen LogP contribution is 2.16. The smallest absolute Gasteiger partial charge is 0.147 e. The zero-order chi connectivity index (χ0) is 12.4. The number of hydrogen-bond donors (Lipinski definition) is 1. The molecule has 17 heavy (non-hydrogen) atoms. The number of rotatable bonds is 2. The third-order valence-electron chi connectivity index (χ3n) is 3.02. The Labute approximate surface area is 107 Å². The summed E-state index contributed by atoms with van der Waals surface area (Å²) in [7, 11) is 2.13. The molecular formula is C11H17N5S. The Morgan fingerprint density at radius 3 is 2.71 bits per heavy atom. The van der Waals surface area contributed by atoms with E-state index in [1.165, 1.54) is 0 Å². The highest BCUT2D eigenvalue weighted by atomic mass is 32.1. The van der Waals surface area contributed by atoms with Crippen LogP contribution < -0.4 is 10.6 Å². The van der Waals surface area contributed by atoms with E-state index in [-0.39, 0.29) is 4.99 Å². The minimum absolute atomic E-state index is 0.287. The van der Waals surface area contributed by atoms with Crippen LogP contribution in [0.5, 0.6) is 0 Å². The van der Waals surface area contributed by atoms with E-state index in [1.807, 2.05) is 0 Å². The van der Waals surface area contributed by atoms with Crippen LogP contribution in [0.2, 0.25) is 0 Å². The molecule has 92 valence electrons. The molecule has 1 aliphatic heterocycles. The zero-order valence-corrected chi connectivity index (χ0v) is 10.9. The van der Waals surface area contributed by atoms with Crippen LogP contribution in [0.3, 0.4) is 0 Å². The van der Waals surface area contributed by atoms with E-state index in [1.54, 1.807) is 12.4 Å². The van der Waals surface area contributed by atoms with Gasteiger partial charge in [-0.2, -0.15) is 0 Å². The van der Waals surface area contributed by atoms with Crippen LogP contribution in [0.4, 0.5) is 5.82 Å². The predicted octanol–water partition coefficient (Wildman–Crippen LogP) is 0.251. The van der Waals surface area contributed by atoms with Gasteiger partial charge >= 0.3 is 0 Å². The summed E-state index contributed by atoms with van der Waals surface area (Å²) >= 11 is 4.86. The molecule has 1 atom stereocenters. The second kappa shape index (κ2) is 4.93. The molecule has 0 radical (unpaired) electrons. The van der Waals surface area contributed by atoms with Crippen LogP contribution in [0.25, 0.3) is 0 Å². The van der Waals surface area contributed by atoms with Crippen molar-refractivity contribution in [1.82, 2.24) is 14.9 Å². The lowest BCUT2D eigenvalue weighted by atomic mass is 10.2. The van der Waals surface area contributed by atoms with Crippen molar-refractivity contribution >= 4 is 23.0 Å². The maximum Gasteiger partial charge on any atom is 0.147 e. The fourth-order valence-corrected chi connectivity index (χ4v) is 2.18. The van der Waals surface area contributed by atoms with Gasteiger partial charge in [0.15, 0.2) is 0 Å². The van der Waals surface area contributed by atoms with Gasteiger partial charge in [-0.15, -0.1) is 0 Å². The van der Waals surface area contributed by atoms with Crippen molar-refractivity contribution in [2.45, 2.75) is 13.0 Å². The van der Waals surface area contributed by atoms with Gasteiger partial charge in [-0.1, -0.05) is 12.2 Å². The van der Waals surface area contributed by atoms with Crippen LogP contribution in [-0.2, 0) is 0 Å². The van der Waals surface area contributed by atoms with E-state index < -0.39 is 0 Å². The van der Waals surface area contributed by atoms with Crippen molar-refractivity contribution in [2.24, 2.45) is 5.73 Å². The average Bonchev–Trinajstić information content (AvgIpc) is 2.29. The Morgan fingerprint density at radius 1 is 1.41 bits per heavy atom. The molecule has 1 aromatic rings. The largest absolute Gasteiger partial charge is 0.388 e. The van der Waals surface area contributed by atoms with E-state index in [2.05, 4.69) is 33.7 Å². The summed E-state index contributed by atoms with van der Waals surface area (Å²) in [6.45, 7) is 5.25. The number of piperazine rings is 1. The molecule has 0 aromatic carbocycles. The first-order valence-electron chi connectivity index (χ1n) is 5.65. The van der Waals surface area contributed by atoms with E-state index in [0.29, 0.717) is 11.7 Å². The third kappa shape index (κ3) is 2.70. The highest BCUT2D eigenvalue weighted by molar-refractivity contribution is 7.80. The molecule has 1 saturated heterocycles. The molecule has 1 fully saturated rings. The van der Waals surface area contributed by atoms with Crippen molar-refractivity contribution in [2.75, 3.05) is 31.6 Å². The van der Waals surface area contributed by atoms with E-state index in [9.17, 15) is 0 Å². The molecule has 0 aliphatic carbocycles. The molecule has 5 nitrogen and oxygen atoms in total. The van der Waals surface area contributed by atoms with Gasteiger partial charge in [-0.3, -0.25) is 0 Å². The monoisotopic (exact) mass is 251 g/mol. The zero-order valence-electron chi connectivity index (χ0n) is 10.1. The van der Waals surface area contributed by atoms with Crippen molar-refractivity contribution in [3.63, 3.8) is 0 Å². The highest BCUT2D eigenvalue weighted by Gasteiger charge is 2.22. The molecule has 0 bridgehead atoms. The first-order valence-corrected chi connectivity index (χ1v) is 6.06. The second-order valence-corrected chi connectivity index (χ2v) is 4.87. The summed E-state index contributed by atoms with van der Waals surface area (Å²) < 4.78 is 0. The van der Waals surface area contributed by atoms with E-state index in [0.717, 1.165) is 25.5 Å². The first-order chi connectivity index (χ1) is 8.08. The number of nitrogens with zero attached hydrogens (tertiary/aromatic N) is 4. The molecule has 1 aliphatic rings. The molecule has 0 saturated carbocycles. The average molecular weight is 251 g/mol. The van der Waals surface area contributed by atoms with Crippen LogP contribution in [-0.4, -0.2) is 52.6 Å². The number of aromatic nitrogens is 2. The van der Waals surface area contributed by atoms with Gasteiger partial charge in [0.05, 0.1) is 12.4 Å². The van der Waals surface area contributed by atoms with Crippen molar-refractivity contribution < 1.29 is 0 Å². The van der Waals surface area contributed by atoms with Crippen molar-refractivity contribution in [1.29, 1.82) is 0 Å². The van der Waals surface area contributed by atoms with Crippen LogP contribution in [0, 0.1) is 0 Å². The van der Waals surface area contributed by atoms with Gasteiger partial charge in [0.1, 0.15) is 16.5 Å². The van der Waals surface area contributed by atoms with Gasteiger partial charge < -0.3 is 15.5 Å². The topological polar surface area (TPSA) is 58.3 Å². The third-order valence-corrected chi connectivity index (χ3v) is 3.22. The molecule has 1 aromatic heterocycles. The fraction of sp³-hybridized carbons (Fsp3) is 0.545. The molecule has 2 heterocycles. The molecule has 0 spiro atoms. The number of anilines is 1. The Hall–Kier alpha value is -1.27. The molecule has 1 unspecified atom stereocenters. The maximum absolute atomic E-state index is 5.50. The normalized spacial score (nSPS) is 21.5. The lowest BCUT2D eigenvalue weighted by Crippen LogP contribution is -2.50. The summed E-state index contributed by atoms with van der Waals surface area (Å²) in [5, 5.41) is 0. The Balaban J connectivity index is 2.14. The van der Waals surface area contributed by atoms with Crippen LogP contribution in [0.1, 0.15) is 12.6 Å². The van der Waals surface area contributed by atoms with Gasteiger partial charge in [0.2, 0.25) is 0 Å². The molecule has 6 heteroatoms. The van der Waals surface area contributed by atoms with Crippen LogP contribution >= 0.6 is 12.2 Å². The number of likely N-dealkylation sites (N-methyl/N-ethyl adjacent to an activating group) is 1. The molecule has 2 rings (SSSR count). The van der Waals surface area contributed by atoms with Gasteiger partial charge in [-0.05, 0) is 14.0 Å². The summed E-state index contributed by atoms with van der Waals surface area (Å²) in [5.74, 6) is 0.894. The van der Waals surface area contributed by atoms with Crippen molar-refractivity contribution in [3.05, 3.63) is 18.1 Å². The van der Waals surface area contributed by atoms with Crippen LogP contribution in [0.15, 0.2) is 12.4 Å². The number of nitrogens with two attached hydrogens (primary N) is 1. The maximum atomic E-state index is 5.50. The molecular weight excluding hydrogens is 234 g/mol. The van der Waals surface area contributed by atoms with Gasteiger partial charge in [0, 0.05) is 25.7 Å². The minimum atomic E-state index is 0.287. The number of hydrogen-bond acceptors (Lipinski definition) is 5. The lowest BCUT2D eigenvalue weighted by molar-refractivity contribution is 0.274. The van der Waals surface area contributed by atoms with E-state index >= 15 is 0 Å². The summed E-state index contributed by atoms with van der Waals surface area (Å²) in [4.78, 5) is 13.5. The molecule has 0 amide bonds. The quantitative estimate of drug-likeness (QED) is 0.761. The fourth-order valence-electron chi connectivity index (χ4n) is 2.08. The standard InChI is InChI=1S/C11H17N5S/c1-8-7-15(2)3-4-16(8)10-6-13-9(5-14-10)11(12)17/h5-6,8H,3-4,7H2,1-2H3,(H2,12,17). The lowest BCUT2D eigenvalue weighted by Gasteiger charge is -2.38. The van der Waals surface area contributed by atoms with Gasteiger partial charge in [-0.25, -0.2) is 9.97 Å². The summed E-state index contributed by atoms with van der Waals surface area (Å²) in [6, 6.07) is 0.443. The molecule has 2 N–H and O–H groups in total. The summed E-state index contributed by atoms with van der Waals surface area (Å²) in [6.07, 6.45) is 3.39. The van der Waals surface area contributed by atoms with E-state index in [4.69, 9.17) is 18.0 Å². The number of thiocarbonyl (C=S) groups is 1. The van der Waals surface area contributed by atoms with Crippen molar-refractivity contribution in [3.8, 4) is 0 Å². The first kappa shape index (κ1) is 12.2. The predicted molar refractivity (Wildman–Crippen MR) is 72.2 cm³/mol. The van der Waals surface area contributed by atoms with Gasteiger partial charge in [0.25, 0.3) is 0 Å². The summed E-state index contributed by atoms with van der Waals surface area (Å²) in [5.41, 5.74) is 6.07. The Morgan fingerprint density at radius 2 is 2.18 bits per heavy atom. The SMILES string of the molecule is CC1CN(C)CCN1c1cnc(C(N)=S)cn1.